The molecule has 0 aliphatic carbocycles. The molecular weight excluding hydrogens is 287 g/mol. The molecular formula is C12H29O7P. The van der Waals surface area contributed by atoms with E-state index in [-0.39, 0.29) is 0 Å². The van der Waals surface area contributed by atoms with Gasteiger partial charge in [0.25, 0.3) is 0 Å². The maximum absolute atomic E-state index is 11.3. The average molecular weight is 316 g/mol. The zero-order valence-electron chi connectivity index (χ0n) is 13.3. The number of ether oxygens (including phenoxy) is 3. The first-order chi connectivity index (χ1) is 9.60. The van der Waals surface area contributed by atoms with Crippen molar-refractivity contribution in [1.82, 2.24) is 0 Å². The van der Waals surface area contributed by atoms with E-state index in [1.165, 1.54) is 0 Å². The topological polar surface area (TPSA) is 72.5 Å². The minimum absolute atomic E-state index is 0.331. The van der Waals surface area contributed by atoms with Gasteiger partial charge in [0.15, 0.2) is 0 Å². The van der Waals surface area contributed by atoms with E-state index in [2.05, 4.69) is 0 Å². The van der Waals surface area contributed by atoms with E-state index in [0.29, 0.717) is 46.2 Å². The molecule has 8 heteroatoms. The van der Waals surface area contributed by atoms with E-state index in [4.69, 9.17) is 27.8 Å². The van der Waals surface area contributed by atoms with Gasteiger partial charge in [-0.05, 0) is 20.8 Å². The molecule has 0 rings (SSSR count). The third-order valence-corrected chi connectivity index (χ3v) is 3.45. The normalized spacial score (nSPS) is 11.1. The van der Waals surface area contributed by atoms with Crippen LogP contribution in [-0.4, -0.2) is 60.5 Å². The molecule has 0 saturated heterocycles. The zero-order valence-corrected chi connectivity index (χ0v) is 14.1. The Bertz CT molecular complexity index is 196. The summed E-state index contributed by atoms with van der Waals surface area (Å²) < 4.78 is 40.4. The van der Waals surface area contributed by atoms with Crippen molar-refractivity contribution >= 4 is 7.82 Å². The summed E-state index contributed by atoms with van der Waals surface area (Å²) in [7, 11) is 0.0856. The highest BCUT2D eigenvalue weighted by atomic mass is 31.2. The molecule has 0 heterocycles. The van der Waals surface area contributed by atoms with Crippen molar-refractivity contribution in [3.8, 4) is 0 Å². The fourth-order valence-electron chi connectivity index (χ4n) is 0.973. The monoisotopic (exact) mass is 316 g/mol. The van der Waals surface area contributed by atoms with Gasteiger partial charge >= 0.3 is 7.82 Å². The lowest BCUT2D eigenvalue weighted by Gasteiger charge is -2.14. The van der Waals surface area contributed by atoms with Crippen LogP contribution in [-0.2, 0) is 32.3 Å². The second kappa shape index (κ2) is 17.0. The van der Waals surface area contributed by atoms with Gasteiger partial charge in [-0.3, -0.25) is 13.6 Å². The fourth-order valence-corrected chi connectivity index (χ4v) is 2.15. The van der Waals surface area contributed by atoms with Crippen LogP contribution in [0, 0.1) is 0 Å². The van der Waals surface area contributed by atoms with Crippen LogP contribution in [0.2, 0.25) is 0 Å². The minimum atomic E-state index is -3.22. The van der Waals surface area contributed by atoms with Crippen molar-refractivity contribution < 1.29 is 32.3 Å². The SMILES string of the molecule is CCOP(=O)(OCC)OCC.COCCOCCOC. The van der Waals surface area contributed by atoms with E-state index in [9.17, 15) is 4.57 Å². The summed E-state index contributed by atoms with van der Waals surface area (Å²) in [4.78, 5) is 0. The second-order valence-electron chi connectivity index (χ2n) is 3.30. The fraction of sp³-hybridized carbons (Fsp3) is 1.00. The highest BCUT2D eigenvalue weighted by Crippen LogP contribution is 2.48. The van der Waals surface area contributed by atoms with Crippen LogP contribution >= 0.6 is 7.82 Å². The number of phosphoric acid groups is 1. The Morgan fingerprint density at radius 2 is 1.05 bits per heavy atom. The average Bonchev–Trinajstić information content (AvgIpc) is 2.40. The summed E-state index contributed by atoms with van der Waals surface area (Å²) >= 11 is 0. The predicted octanol–water partition coefficient (Wildman–Crippen LogP) is 2.50. The van der Waals surface area contributed by atoms with Gasteiger partial charge in [-0.25, -0.2) is 4.57 Å². The maximum atomic E-state index is 11.3. The third kappa shape index (κ3) is 16.0. The Hall–Kier alpha value is -0.0100. The number of hydrogen-bond donors (Lipinski definition) is 0. The third-order valence-electron chi connectivity index (χ3n) is 1.73. The first-order valence-corrected chi connectivity index (χ1v) is 8.15. The Morgan fingerprint density at radius 3 is 1.30 bits per heavy atom. The molecule has 0 fully saturated rings. The van der Waals surface area contributed by atoms with Crippen LogP contribution < -0.4 is 0 Å². The van der Waals surface area contributed by atoms with Gasteiger partial charge < -0.3 is 14.2 Å². The number of methoxy groups -OCH3 is 2. The van der Waals surface area contributed by atoms with Crippen LogP contribution in [0.15, 0.2) is 0 Å². The Labute approximate surface area is 122 Å². The highest BCUT2D eigenvalue weighted by Gasteiger charge is 2.23. The largest absolute Gasteiger partial charge is 0.474 e. The van der Waals surface area contributed by atoms with Crippen molar-refractivity contribution in [2.75, 3.05) is 60.5 Å². The van der Waals surface area contributed by atoms with E-state index < -0.39 is 7.82 Å². The molecule has 7 nitrogen and oxygen atoms in total. The molecule has 0 saturated carbocycles. The summed E-state index contributed by atoms with van der Waals surface area (Å²) in [5, 5.41) is 0. The van der Waals surface area contributed by atoms with Gasteiger partial charge in [0.2, 0.25) is 0 Å². The minimum Gasteiger partial charge on any atom is -0.382 e. The summed E-state index contributed by atoms with van der Waals surface area (Å²) in [6.07, 6.45) is 0. The summed E-state index contributed by atoms with van der Waals surface area (Å²) in [5.41, 5.74) is 0. The lowest BCUT2D eigenvalue weighted by atomic mass is 10.7. The van der Waals surface area contributed by atoms with Gasteiger partial charge in [-0.15, -0.1) is 0 Å². The van der Waals surface area contributed by atoms with Crippen molar-refractivity contribution in [3.63, 3.8) is 0 Å². The summed E-state index contributed by atoms with van der Waals surface area (Å²) in [5.74, 6) is 0. The van der Waals surface area contributed by atoms with Crippen molar-refractivity contribution in [3.05, 3.63) is 0 Å². The van der Waals surface area contributed by atoms with Crippen molar-refractivity contribution in [1.29, 1.82) is 0 Å². The standard InChI is InChI=1S/C6H15O4P.C6H14O3/c1-4-8-11(7,9-5-2)10-6-3;1-7-3-5-9-6-4-8-2/h4-6H2,1-3H3;3-6H2,1-2H3. The van der Waals surface area contributed by atoms with Crippen LogP contribution in [0.4, 0.5) is 0 Å². The van der Waals surface area contributed by atoms with E-state index in [1.54, 1.807) is 35.0 Å². The lowest BCUT2D eigenvalue weighted by Crippen LogP contribution is -2.06. The molecule has 0 aromatic carbocycles. The van der Waals surface area contributed by atoms with E-state index in [0.717, 1.165) is 0 Å². The molecule has 0 bridgehead atoms. The molecule has 0 radical (unpaired) electrons. The van der Waals surface area contributed by atoms with Crippen LogP contribution in [0.1, 0.15) is 20.8 Å². The van der Waals surface area contributed by atoms with Gasteiger partial charge in [0.05, 0.1) is 46.2 Å². The Morgan fingerprint density at radius 1 is 0.700 bits per heavy atom. The van der Waals surface area contributed by atoms with Gasteiger partial charge in [0.1, 0.15) is 0 Å². The molecule has 0 unspecified atom stereocenters. The van der Waals surface area contributed by atoms with Crippen LogP contribution in [0.5, 0.6) is 0 Å². The summed E-state index contributed by atoms with van der Waals surface area (Å²) in [6, 6.07) is 0. The van der Waals surface area contributed by atoms with Gasteiger partial charge in [-0.2, -0.15) is 0 Å². The quantitative estimate of drug-likeness (QED) is 0.404. The lowest BCUT2D eigenvalue weighted by molar-refractivity contribution is 0.0385. The molecule has 0 amide bonds. The van der Waals surface area contributed by atoms with Crippen molar-refractivity contribution in [2.24, 2.45) is 0 Å². The smallest absolute Gasteiger partial charge is 0.382 e. The molecule has 0 N–H and O–H groups in total. The molecule has 0 atom stereocenters. The summed E-state index contributed by atoms with van der Waals surface area (Å²) in [6.45, 7) is 8.83. The maximum Gasteiger partial charge on any atom is 0.474 e. The predicted molar refractivity (Wildman–Crippen MR) is 77.1 cm³/mol. The zero-order chi connectivity index (χ0) is 15.7. The molecule has 124 valence electrons. The van der Waals surface area contributed by atoms with E-state index in [1.807, 2.05) is 0 Å². The first kappa shape index (κ1) is 22.3. The number of phosphoric ester groups is 1. The molecule has 0 aliphatic heterocycles. The molecule has 0 spiro atoms. The van der Waals surface area contributed by atoms with Crippen LogP contribution in [0.25, 0.3) is 0 Å². The Balaban J connectivity index is 0. The van der Waals surface area contributed by atoms with Gasteiger partial charge in [0, 0.05) is 14.2 Å². The molecule has 0 aliphatic rings. The highest BCUT2D eigenvalue weighted by molar-refractivity contribution is 7.48. The van der Waals surface area contributed by atoms with Crippen LogP contribution in [0.3, 0.4) is 0 Å². The van der Waals surface area contributed by atoms with Crippen molar-refractivity contribution in [2.45, 2.75) is 20.8 Å². The molecule has 20 heavy (non-hydrogen) atoms. The van der Waals surface area contributed by atoms with E-state index >= 15 is 0 Å². The molecule has 0 aromatic heterocycles. The number of rotatable bonds is 12. The molecule has 0 aromatic rings. The Kier molecular flexibility index (Phi) is 19.0. The van der Waals surface area contributed by atoms with Gasteiger partial charge in [-0.1, -0.05) is 0 Å². The second-order valence-corrected chi connectivity index (χ2v) is 4.97. The number of hydrogen-bond acceptors (Lipinski definition) is 7. The first-order valence-electron chi connectivity index (χ1n) is 6.69.